The van der Waals surface area contributed by atoms with E-state index >= 15 is 0 Å². The summed E-state index contributed by atoms with van der Waals surface area (Å²) in [5, 5.41) is 7.15. The van der Waals surface area contributed by atoms with Gasteiger partial charge in [-0.25, -0.2) is 0 Å². The van der Waals surface area contributed by atoms with Crippen molar-refractivity contribution < 1.29 is 0 Å². The molecule has 0 bridgehead atoms. The van der Waals surface area contributed by atoms with Gasteiger partial charge in [0.05, 0.1) is 0 Å². The first kappa shape index (κ1) is 19.0. The van der Waals surface area contributed by atoms with E-state index in [2.05, 4.69) is 33.5 Å². The number of hydrogen-bond donors (Lipinski definition) is 2. The van der Waals surface area contributed by atoms with Gasteiger partial charge in [0.25, 0.3) is 0 Å². The van der Waals surface area contributed by atoms with Crippen LogP contribution in [-0.2, 0) is 0 Å². The molecule has 5 heteroatoms. The number of rotatable bonds is 5. The van der Waals surface area contributed by atoms with Crippen LogP contribution in [0.15, 0.2) is 16.6 Å². The predicted molar refractivity (Wildman–Crippen MR) is 109 cm³/mol. The van der Waals surface area contributed by atoms with Crippen LogP contribution in [0.3, 0.4) is 0 Å². The van der Waals surface area contributed by atoms with E-state index in [4.69, 9.17) is 0 Å². The zero-order valence-electron chi connectivity index (χ0n) is 14.7. The fourth-order valence-corrected chi connectivity index (χ4v) is 3.77. The molecule has 1 saturated carbocycles. The third-order valence-corrected chi connectivity index (χ3v) is 5.37. The summed E-state index contributed by atoms with van der Waals surface area (Å²) in [6.45, 7) is 5.78. The predicted octanol–water partition coefficient (Wildman–Crippen LogP) is 3.14. The Labute approximate surface area is 158 Å². The van der Waals surface area contributed by atoms with E-state index in [1.54, 1.807) is 5.57 Å². The molecule has 1 heterocycles. The van der Waals surface area contributed by atoms with E-state index < -0.39 is 0 Å². The molecule has 0 aromatic carbocycles. The average molecular weight is 432 g/mol. The minimum Gasteiger partial charge on any atom is -0.356 e. The number of guanidine groups is 1. The largest absolute Gasteiger partial charge is 0.356 e. The van der Waals surface area contributed by atoms with E-state index in [-0.39, 0.29) is 24.0 Å². The summed E-state index contributed by atoms with van der Waals surface area (Å²) in [6, 6.07) is 1.42. The second kappa shape index (κ2) is 9.25. The second-order valence-corrected chi connectivity index (χ2v) is 7.27. The van der Waals surface area contributed by atoms with E-state index in [0.717, 1.165) is 25.0 Å². The molecule has 3 aliphatic rings. The second-order valence-electron chi connectivity index (χ2n) is 7.27. The number of hydrogen-bond acceptors (Lipinski definition) is 2. The first-order valence-corrected chi connectivity index (χ1v) is 9.15. The van der Waals surface area contributed by atoms with Crippen LogP contribution in [0.1, 0.15) is 51.9 Å². The number of allylic oxidation sites excluding steroid dienone is 1. The van der Waals surface area contributed by atoms with Crippen LogP contribution in [0.25, 0.3) is 0 Å². The standard InChI is InChI=1S/C18H32N4.HI/c1-14-12-22(16-8-9-16)13-17(14)21-18(19-2)20-11-10-15-6-4-3-5-7-15;/h6,14,16-17H,3-5,7-13H2,1-2H3,(H2,19,20,21);1H. The molecule has 4 nitrogen and oxygen atoms in total. The normalized spacial score (nSPS) is 29.0. The molecule has 23 heavy (non-hydrogen) atoms. The maximum absolute atomic E-state index is 4.41. The number of likely N-dealkylation sites (tertiary alicyclic amines) is 1. The van der Waals surface area contributed by atoms with Crippen molar-refractivity contribution in [2.24, 2.45) is 10.9 Å². The molecule has 0 aromatic heterocycles. The molecule has 2 aliphatic carbocycles. The number of aliphatic imine (C=N–C) groups is 1. The Morgan fingerprint density at radius 2 is 2.13 bits per heavy atom. The van der Waals surface area contributed by atoms with E-state index in [1.807, 2.05) is 7.05 Å². The molecule has 0 amide bonds. The Kier molecular flexibility index (Phi) is 7.66. The Bertz CT molecular complexity index is 431. The van der Waals surface area contributed by atoms with Gasteiger partial charge in [0, 0.05) is 38.8 Å². The highest BCUT2D eigenvalue weighted by Crippen LogP contribution is 2.31. The molecule has 3 rings (SSSR count). The summed E-state index contributed by atoms with van der Waals surface area (Å²) in [5.74, 6) is 1.69. The highest BCUT2D eigenvalue weighted by molar-refractivity contribution is 14.0. The summed E-state index contributed by atoms with van der Waals surface area (Å²) in [5.41, 5.74) is 1.63. The lowest BCUT2D eigenvalue weighted by molar-refractivity contribution is 0.315. The molecule has 2 atom stereocenters. The molecule has 0 radical (unpaired) electrons. The first-order chi connectivity index (χ1) is 10.8. The molecule has 1 saturated heterocycles. The van der Waals surface area contributed by atoms with Gasteiger partial charge in [-0.3, -0.25) is 9.89 Å². The quantitative estimate of drug-likeness (QED) is 0.304. The zero-order chi connectivity index (χ0) is 15.4. The topological polar surface area (TPSA) is 39.7 Å². The molecule has 0 aromatic rings. The Hall–Kier alpha value is -0.300. The molecule has 1 aliphatic heterocycles. The summed E-state index contributed by atoms with van der Waals surface area (Å²) < 4.78 is 0. The third kappa shape index (κ3) is 5.62. The molecular weight excluding hydrogens is 399 g/mol. The molecule has 132 valence electrons. The summed E-state index contributed by atoms with van der Waals surface area (Å²) in [4.78, 5) is 7.07. The van der Waals surface area contributed by atoms with Crippen molar-refractivity contribution in [3.63, 3.8) is 0 Å². The summed E-state index contributed by atoms with van der Waals surface area (Å²) in [7, 11) is 1.88. The molecule has 2 N–H and O–H groups in total. The average Bonchev–Trinajstić information content (AvgIpc) is 3.32. The van der Waals surface area contributed by atoms with Gasteiger partial charge in [-0.2, -0.15) is 0 Å². The van der Waals surface area contributed by atoms with Gasteiger partial charge in [0.2, 0.25) is 0 Å². The monoisotopic (exact) mass is 432 g/mol. The van der Waals surface area contributed by atoms with Crippen LogP contribution in [0.5, 0.6) is 0 Å². The van der Waals surface area contributed by atoms with Crippen molar-refractivity contribution in [2.75, 3.05) is 26.7 Å². The van der Waals surface area contributed by atoms with Crippen molar-refractivity contribution in [3.05, 3.63) is 11.6 Å². The maximum atomic E-state index is 4.41. The fourth-order valence-electron chi connectivity index (χ4n) is 3.77. The van der Waals surface area contributed by atoms with Gasteiger partial charge < -0.3 is 10.6 Å². The van der Waals surface area contributed by atoms with Gasteiger partial charge in [0.15, 0.2) is 5.96 Å². The van der Waals surface area contributed by atoms with Crippen LogP contribution < -0.4 is 10.6 Å². The van der Waals surface area contributed by atoms with Crippen LogP contribution in [0.2, 0.25) is 0 Å². The highest BCUT2D eigenvalue weighted by Gasteiger charge is 2.38. The van der Waals surface area contributed by atoms with Crippen LogP contribution in [0, 0.1) is 5.92 Å². The van der Waals surface area contributed by atoms with Gasteiger partial charge in [0.1, 0.15) is 0 Å². The summed E-state index contributed by atoms with van der Waals surface area (Å²) in [6.07, 6.45) is 11.7. The van der Waals surface area contributed by atoms with Crippen molar-refractivity contribution >= 4 is 29.9 Å². The van der Waals surface area contributed by atoms with E-state index in [1.165, 1.54) is 51.6 Å². The first-order valence-electron chi connectivity index (χ1n) is 9.15. The van der Waals surface area contributed by atoms with Crippen molar-refractivity contribution in [1.29, 1.82) is 0 Å². The lowest BCUT2D eigenvalue weighted by atomic mass is 9.97. The smallest absolute Gasteiger partial charge is 0.191 e. The van der Waals surface area contributed by atoms with Crippen LogP contribution in [-0.4, -0.2) is 49.6 Å². The van der Waals surface area contributed by atoms with Crippen molar-refractivity contribution in [1.82, 2.24) is 15.5 Å². The van der Waals surface area contributed by atoms with Crippen LogP contribution in [0.4, 0.5) is 0 Å². The number of nitrogens with zero attached hydrogens (tertiary/aromatic N) is 2. The third-order valence-electron chi connectivity index (χ3n) is 5.37. The minimum atomic E-state index is 0. The van der Waals surface area contributed by atoms with Crippen molar-refractivity contribution in [2.45, 2.75) is 64.0 Å². The molecule has 2 unspecified atom stereocenters. The fraction of sp³-hybridized carbons (Fsp3) is 0.833. The molecular formula is C18H33IN4. The van der Waals surface area contributed by atoms with Gasteiger partial charge in [-0.05, 0) is 50.9 Å². The number of nitrogens with one attached hydrogen (secondary N) is 2. The van der Waals surface area contributed by atoms with Crippen molar-refractivity contribution in [3.8, 4) is 0 Å². The SMILES string of the molecule is CN=C(NCCC1=CCCCC1)NC1CN(C2CC2)CC1C.I. The van der Waals surface area contributed by atoms with E-state index in [9.17, 15) is 0 Å². The van der Waals surface area contributed by atoms with Gasteiger partial charge in [-0.1, -0.05) is 18.6 Å². The minimum absolute atomic E-state index is 0. The number of halogens is 1. The van der Waals surface area contributed by atoms with E-state index in [0.29, 0.717) is 12.0 Å². The lowest BCUT2D eigenvalue weighted by Crippen LogP contribution is -2.46. The lowest BCUT2D eigenvalue weighted by Gasteiger charge is -2.21. The highest BCUT2D eigenvalue weighted by atomic mass is 127. The maximum Gasteiger partial charge on any atom is 0.191 e. The van der Waals surface area contributed by atoms with Gasteiger partial charge >= 0.3 is 0 Å². The summed E-state index contributed by atoms with van der Waals surface area (Å²) >= 11 is 0. The Morgan fingerprint density at radius 3 is 2.78 bits per heavy atom. The molecule has 0 spiro atoms. The Morgan fingerprint density at radius 1 is 1.30 bits per heavy atom. The zero-order valence-corrected chi connectivity index (χ0v) is 17.0. The van der Waals surface area contributed by atoms with Gasteiger partial charge in [-0.15, -0.1) is 24.0 Å². The van der Waals surface area contributed by atoms with Crippen LogP contribution >= 0.6 is 24.0 Å². The Balaban J connectivity index is 0.00000192. The molecule has 2 fully saturated rings.